The molecule has 144 valence electrons. The summed E-state index contributed by atoms with van der Waals surface area (Å²) >= 11 is 0. The lowest BCUT2D eigenvalue weighted by Crippen LogP contribution is -2.26. The Labute approximate surface area is 167 Å². The van der Waals surface area contributed by atoms with Crippen molar-refractivity contribution in [3.05, 3.63) is 101 Å². The molecule has 0 aliphatic heterocycles. The van der Waals surface area contributed by atoms with Crippen molar-refractivity contribution in [2.45, 2.75) is 6.42 Å². The van der Waals surface area contributed by atoms with Crippen molar-refractivity contribution < 1.29 is 14.0 Å². The second-order valence-corrected chi connectivity index (χ2v) is 6.29. The Morgan fingerprint density at radius 1 is 0.897 bits per heavy atom. The molecular weight excluding hydrogens is 369 g/mol. The maximum absolute atomic E-state index is 13.6. The fourth-order valence-electron chi connectivity index (χ4n) is 2.80. The molecule has 5 nitrogen and oxygen atoms in total. The van der Waals surface area contributed by atoms with Crippen molar-refractivity contribution in [3.63, 3.8) is 0 Å². The third-order valence-electron chi connectivity index (χ3n) is 4.32. The molecule has 0 spiro atoms. The van der Waals surface area contributed by atoms with Crippen molar-refractivity contribution in [1.29, 1.82) is 5.26 Å². The Morgan fingerprint density at radius 3 is 2.34 bits per heavy atom. The Bertz CT molecular complexity index is 1090. The third kappa shape index (κ3) is 5.05. The zero-order valence-electron chi connectivity index (χ0n) is 15.5. The van der Waals surface area contributed by atoms with Gasteiger partial charge in [-0.25, -0.2) is 4.39 Å². The number of hydrogen-bond donors (Lipinski definition) is 2. The van der Waals surface area contributed by atoms with Crippen molar-refractivity contribution in [1.82, 2.24) is 5.32 Å². The lowest BCUT2D eigenvalue weighted by molar-refractivity contribution is 0.0954. The highest BCUT2D eigenvalue weighted by Gasteiger charge is 2.12. The minimum atomic E-state index is -0.422. The van der Waals surface area contributed by atoms with Gasteiger partial charge in [0.2, 0.25) is 0 Å². The van der Waals surface area contributed by atoms with Crippen LogP contribution in [0, 0.1) is 17.1 Å². The average Bonchev–Trinajstić information content (AvgIpc) is 2.75. The van der Waals surface area contributed by atoms with Gasteiger partial charge in [-0.05, 0) is 48.4 Å². The van der Waals surface area contributed by atoms with Crippen molar-refractivity contribution in [2.24, 2.45) is 0 Å². The maximum atomic E-state index is 13.6. The molecule has 3 aromatic carbocycles. The van der Waals surface area contributed by atoms with Crippen LogP contribution in [-0.2, 0) is 6.42 Å². The number of carbonyl (C=O) groups excluding carboxylic acids is 2. The minimum absolute atomic E-state index is 0.270. The Hall–Kier alpha value is -3.98. The molecule has 0 unspecified atom stereocenters. The number of amides is 2. The van der Waals surface area contributed by atoms with E-state index in [0.717, 1.165) is 0 Å². The quantitative estimate of drug-likeness (QED) is 0.673. The van der Waals surface area contributed by atoms with Crippen molar-refractivity contribution >= 4 is 17.5 Å². The summed E-state index contributed by atoms with van der Waals surface area (Å²) in [5.41, 5.74) is 1.89. The number of para-hydroxylation sites is 1. The number of anilines is 1. The van der Waals surface area contributed by atoms with Crippen LogP contribution in [0.4, 0.5) is 10.1 Å². The topological polar surface area (TPSA) is 82.0 Å². The fourth-order valence-corrected chi connectivity index (χ4v) is 2.80. The van der Waals surface area contributed by atoms with Crippen LogP contribution in [0.25, 0.3) is 0 Å². The summed E-state index contributed by atoms with van der Waals surface area (Å²) in [5, 5.41) is 14.5. The first-order valence-electron chi connectivity index (χ1n) is 9.00. The van der Waals surface area contributed by atoms with E-state index in [2.05, 4.69) is 10.6 Å². The van der Waals surface area contributed by atoms with Gasteiger partial charge in [0.05, 0.1) is 11.3 Å². The van der Waals surface area contributed by atoms with Gasteiger partial charge >= 0.3 is 0 Å². The Morgan fingerprint density at radius 2 is 1.59 bits per heavy atom. The first kappa shape index (κ1) is 19.8. The molecule has 6 heteroatoms. The van der Waals surface area contributed by atoms with Gasteiger partial charge in [0, 0.05) is 17.7 Å². The molecule has 0 saturated heterocycles. The van der Waals surface area contributed by atoms with E-state index in [0.29, 0.717) is 34.4 Å². The van der Waals surface area contributed by atoms with Gasteiger partial charge in [0.1, 0.15) is 11.9 Å². The van der Waals surface area contributed by atoms with Crippen LogP contribution in [0.5, 0.6) is 0 Å². The van der Waals surface area contributed by atoms with Crippen molar-refractivity contribution in [2.75, 3.05) is 11.9 Å². The highest BCUT2D eigenvalue weighted by molar-refractivity contribution is 6.06. The number of nitrogens with zero attached hydrogens (tertiary/aromatic N) is 1. The summed E-state index contributed by atoms with van der Waals surface area (Å²) in [6, 6.07) is 21.4. The lowest BCUT2D eigenvalue weighted by Gasteiger charge is -2.09. The number of nitrogens with one attached hydrogen (secondary N) is 2. The standard InChI is InChI=1S/C23H18FN3O2/c24-20-10-3-1-6-16(20)12-13-26-22(28)17-8-5-9-18(14-17)23(29)27-21-11-4-2-7-19(21)15-25/h1-11,14H,12-13H2,(H,26,28)(H,27,29). The van der Waals surface area contributed by atoms with Crippen LogP contribution in [0.3, 0.4) is 0 Å². The monoisotopic (exact) mass is 387 g/mol. The molecular formula is C23H18FN3O2. The average molecular weight is 387 g/mol. The third-order valence-corrected chi connectivity index (χ3v) is 4.32. The normalized spacial score (nSPS) is 10.1. The highest BCUT2D eigenvalue weighted by atomic mass is 19.1. The second-order valence-electron chi connectivity index (χ2n) is 6.29. The summed E-state index contributed by atoms with van der Waals surface area (Å²) in [6.45, 7) is 0.270. The van der Waals surface area contributed by atoms with E-state index in [1.807, 2.05) is 6.07 Å². The molecule has 3 aromatic rings. The molecule has 0 atom stereocenters. The van der Waals surface area contributed by atoms with Crippen LogP contribution in [0.2, 0.25) is 0 Å². The number of carbonyl (C=O) groups is 2. The van der Waals surface area contributed by atoms with Gasteiger partial charge in [-0.2, -0.15) is 5.26 Å². The number of hydrogen-bond acceptors (Lipinski definition) is 3. The number of halogens is 1. The van der Waals surface area contributed by atoms with Gasteiger partial charge in [0.25, 0.3) is 11.8 Å². The molecule has 0 aliphatic carbocycles. The smallest absolute Gasteiger partial charge is 0.255 e. The van der Waals surface area contributed by atoms with Crippen LogP contribution < -0.4 is 10.6 Å². The van der Waals surface area contributed by atoms with E-state index in [1.165, 1.54) is 12.1 Å². The van der Waals surface area contributed by atoms with Gasteiger partial charge in [-0.15, -0.1) is 0 Å². The molecule has 0 aliphatic rings. The summed E-state index contributed by atoms with van der Waals surface area (Å²) in [5.74, 6) is -1.08. The zero-order chi connectivity index (χ0) is 20.6. The number of rotatable bonds is 6. The summed E-state index contributed by atoms with van der Waals surface area (Å²) < 4.78 is 13.6. The minimum Gasteiger partial charge on any atom is -0.352 e. The van der Waals surface area contributed by atoms with Gasteiger partial charge in [0.15, 0.2) is 0 Å². The van der Waals surface area contributed by atoms with Gasteiger partial charge in [-0.1, -0.05) is 36.4 Å². The molecule has 0 radical (unpaired) electrons. The van der Waals surface area contributed by atoms with Gasteiger partial charge < -0.3 is 10.6 Å². The van der Waals surface area contributed by atoms with Gasteiger partial charge in [-0.3, -0.25) is 9.59 Å². The first-order chi connectivity index (χ1) is 14.1. The second kappa shape index (κ2) is 9.29. The zero-order valence-corrected chi connectivity index (χ0v) is 15.5. The SMILES string of the molecule is N#Cc1ccccc1NC(=O)c1cccc(C(=O)NCCc2ccccc2F)c1. The predicted octanol–water partition coefficient (Wildman–Crippen LogP) is 3.92. The fraction of sp³-hybridized carbons (Fsp3) is 0.0870. The molecule has 0 bridgehead atoms. The predicted molar refractivity (Wildman–Crippen MR) is 108 cm³/mol. The molecule has 0 saturated carbocycles. The highest BCUT2D eigenvalue weighted by Crippen LogP contribution is 2.15. The molecule has 3 rings (SSSR count). The molecule has 2 amide bonds. The Kier molecular flexibility index (Phi) is 6.33. The summed E-state index contributed by atoms with van der Waals surface area (Å²) in [4.78, 5) is 24.9. The largest absolute Gasteiger partial charge is 0.352 e. The molecule has 0 heterocycles. The summed E-state index contributed by atoms with van der Waals surface area (Å²) in [7, 11) is 0. The number of benzene rings is 3. The first-order valence-corrected chi connectivity index (χ1v) is 9.00. The van der Waals surface area contributed by atoms with Crippen LogP contribution >= 0.6 is 0 Å². The molecule has 0 aromatic heterocycles. The van der Waals surface area contributed by atoms with Crippen LogP contribution in [0.1, 0.15) is 31.8 Å². The van der Waals surface area contributed by atoms with Crippen LogP contribution in [0.15, 0.2) is 72.8 Å². The van der Waals surface area contributed by atoms with E-state index < -0.39 is 5.91 Å². The van der Waals surface area contributed by atoms with E-state index in [1.54, 1.807) is 60.7 Å². The molecule has 0 fully saturated rings. The lowest BCUT2D eigenvalue weighted by atomic mass is 10.1. The molecule has 2 N–H and O–H groups in total. The summed E-state index contributed by atoms with van der Waals surface area (Å²) in [6.07, 6.45) is 0.365. The number of nitriles is 1. The van der Waals surface area contributed by atoms with E-state index in [-0.39, 0.29) is 18.3 Å². The van der Waals surface area contributed by atoms with E-state index in [4.69, 9.17) is 5.26 Å². The molecule has 29 heavy (non-hydrogen) atoms. The van der Waals surface area contributed by atoms with E-state index in [9.17, 15) is 14.0 Å². The van der Waals surface area contributed by atoms with Crippen LogP contribution in [-0.4, -0.2) is 18.4 Å². The maximum Gasteiger partial charge on any atom is 0.255 e. The Balaban J connectivity index is 1.64. The van der Waals surface area contributed by atoms with Crippen molar-refractivity contribution in [3.8, 4) is 6.07 Å². The van der Waals surface area contributed by atoms with E-state index >= 15 is 0 Å².